The Kier molecular flexibility index (Phi) is 7.27. The van der Waals surface area contributed by atoms with Crippen LogP contribution in [-0.4, -0.2) is 80.6 Å². The largest absolute Gasteiger partial charge is 0.354 e. The first-order valence-corrected chi connectivity index (χ1v) is 11.7. The fourth-order valence-corrected chi connectivity index (χ4v) is 4.56. The van der Waals surface area contributed by atoms with Crippen molar-refractivity contribution < 1.29 is 18.0 Å². The number of carbonyl (C=O) groups is 2. The first-order chi connectivity index (χ1) is 12.5. The van der Waals surface area contributed by atoms with Crippen LogP contribution in [0.3, 0.4) is 0 Å². The third-order valence-corrected chi connectivity index (χ3v) is 6.00. The molecule has 0 unspecified atom stereocenters. The molecule has 0 bridgehead atoms. The molecule has 0 aromatic heterocycles. The molecule has 2 amide bonds. The van der Waals surface area contributed by atoms with E-state index in [1.165, 1.54) is 0 Å². The van der Waals surface area contributed by atoms with Gasteiger partial charge in [-0.3, -0.25) is 14.5 Å². The van der Waals surface area contributed by atoms with Gasteiger partial charge in [-0.2, -0.15) is 0 Å². The van der Waals surface area contributed by atoms with E-state index in [4.69, 9.17) is 0 Å². The summed E-state index contributed by atoms with van der Waals surface area (Å²) in [5.74, 6) is 0.312. The van der Waals surface area contributed by atoms with Gasteiger partial charge in [0.2, 0.25) is 21.8 Å². The second kappa shape index (κ2) is 8.87. The topological polar surface area (TPSA) is 98.8 Å². The molecule has 0 radical (unpaired) electrons. The number of hydrogen-bond donors (Lipinski definition) is 2. The number of piperazine rings is 1. The van der Waals surface area contributed by atoms with Gasteiger partial charge in [-0.15, -0.1) is 0 Å². The van der Waals surface area contributed by atoms with Gasteiger partial charge in [0.25, 0.3) is 0 Å². The van der Waals surface area contributed by atoms with Gasteiger partial charge in [0.1, 0.15) is 6.04 Å². The van der Waals surface area contributed by atoms with Crippen molar-refractivity contribution >= 4 is 21.8 Å². The van der Waals surface area contributed by atoms with Crippen LogP contribution >= 0.6 is 0 Å². The normalized spacial score (nSPS) is 26.7. The maximum Gasteiger partial charge on any atom is 0.242 e. The van der Waals surface area contributed by atoms with Crippen molar-refractivity contribution in [2.24, 2.45) is 11.8 Å². The Morgan fingerprint density at radius 3 is 2.44 bits per heavy atom. The Hall–Kier alpha value is -1.19. The predicted molar refractivity (Wildman–Crippen MR) is 105 cm³/mol. The van der Waals surface area contributed by atoms with Crippen LogP contribution < -0.4 is 10.0 Å². The van der Waals surface area contributed by atoms with Crippen LogP contribution in [0.5, 0.6) is 0 Å². The van der Waals surface area contributed by atoms with Crippen LogP contribution in [-0.2, 0) is 19.6 Å². The summed E-state index contributed by atoms with van der Waals surface area (Å²) in [5, 5.41) is 2.89. The standard InChI is InChI=1S/C18H34N4O4S/c1-12(2)6-7-21-11-15-8-14(20-27(5,25)26)10-22(15)18(24)16(21)9-19-17(23)13(3)4/h12-16,20H,6-11H2,1-5H3,(H,19,23)/t14-,15-,16-/m0/s1. The SMILES string of the molecule is CC(C)CCN1C[C@@H]2C[C@H](NS(C)(=O)=O)CN2C(=O)[C@@H]1CNC(=O)C(C)C. The molecule has 2 rings (SSSR count). The number of sulfonamides is 1. The molecule has 2 aliphatic rings. The molecule has 0 spiro atoms. The van der Waals surface area contributed by atoms with Crippen LogP contribution in [0.2, 0.25) is 0 Å². The van der Waals surface area contributed by atoms with Gasteiger partial charge in [-0.05, 0) is 25.3 Å². The minimum absolute atomic E-state index is 0.0148. The molecule has 3 atom stereocenters. The summed E-state index contributed by atoms with van der Waals surface area (Å²) >= 11 is 0. The number of fused-ring (bicyclic) bond motifs is 1. The monoisotopic (exact) mass is 402 g/mol. The van der Waals surface area contributed by atoms with E-state index in [-0.39, 0.29) is 35.9 Å². The third-order valence-electron chi connectivity index (χ3n) is 5.24. The van der Waals surface area contributed by atoms with E-state index in [1.807, 2.05) is 13.8 Å². The van der Waals surface area contributed by atoms with Gasteiger partial charge in [-0.1, -0.05) is 27.7 Å². The number of hydrogen-bond acceptors (Lipinski definition) is 5. The average Bonchev–Trinajstić information content (AvgIpc) is 2.92. The Morgan fingerprint density at radius 2 is 1.89 bits per heavy atom. The van der Waals surface area contributed by atoms with E-state index >= 15 is 0 Å². The average molecular weight is 403 g/mol. The minimum Gasteiger partial charge on any atom is -0.354 e. The molecule has 2 saturated heterocycles. The summed E-state index contributed by atoms with van der Waals surface area (Å²) in [6.45, 7) is 10.1. The van der Waals surface area contributed by atoms with Gasteiger partial charge >= 0.3 is 0 Å². The van der Waals surface area contributed by atoms with E-state index in [1.54, 1.807) is 4.90 Å². The molecule has 0 aromatic rings. The maximum absolute atomic E-state index is 13.1. The van der Waals surface area contributed by atoms with Gasteiger partial charge in [0.15, 0.2) is 0 Å². The molecule has 0 aliphatic carbocycles. The highest BCUT2D eigenvalue weighted by Gasteiger charge is 2.45. The van der Waals surface area contributed by atoms with Crippen LogP contribution in [0.15, 0.2) is 0 Å². The Balaban J connectivity index is 2.10. The molecule has 0 saturated carbocycles. The van der Waals surface area contributed by atoms with Crippen molar-refractivity contribution in [3.8, 4) is 0 Å². The Morgan fingerprint density at radius 1 is 1.22 bits per heavy atom. The van der Waals surface area contributed by atoms with E-state index in [9.17, 15) is 18.0 Å². The Bertz CT molecular complexity index is 650. The van der Waals surface area contributed by atoms with Gasteiger partial charge < -0.3 is 10.2 Å². The van der Waals surface area contributed by atoms with Gasteiger partial charge in [-0.25, -0.2) is 13.1 Å². The van der Waals surface area contributed by atoms with E-state index in [0.717, 1.165) is 19.2 Å². The predicted octanol–water partition coefficient (Wildman–Crippen LogP) is 0.00760. The summed E-state index contributed by atoms with van der Waals surface area (Å²) < 4.78 is 25.7. The molecule has 2 fully saturated rings. The minimum atomic E-state index is -3.31. The van der Waals surface area contributed by atoms with Crippen molar-refractivity contribution in [2.45, 2.75) is 58.7 Å². The summed E-state index contributed by atoms with van der Waals surface area (Å²) in [6.07, 6.45) is 2.74. The summed E-state index contributed by atoms with van der Waals surface area (Å²) in [7, 11) is -3.31. The number of amides is 2. The fourth-order valence-electron chi connectivity index (χ4n) is 3.78. The molecule has 2 aliphatic heterocycles. The molecule has 27 heavy (non-hydrogen) atoms. The van der Waals surface area contributed by atoms with E-state index in [2.05, 4.69) is 28.8 Å². The number of rotatable bonds is 8. The zero-order valence-corrected chi connectivity index (χ0v) is 17.9. The number of carbonyl (C=O) groups excluding carboxylic acids is 2. The maximum atomic E-state index is 13.1. The third kappa shape index (κ3) is 6.15. The number of nitrogens with zero attached hydrogens (tertiary/aromatic N) is 2. The van der Waals surface area contributed by atoms with Crippen molar-refractivity contribution in [3.63, 3.8) is 0 Å². The molecule has 156 valence electrons. The zero-order chi connectivity index (χ0) is 20.4. The molecule has 9 heteroatoms. The van der Waals surface area contributed by atoms with Crippen molar-refractivity contribution in [1.82, 2.24) is 19.8 Å². The highest BCUT2D eigenvalue weighted by Crippen LogP contribution is 2.27. The zero-order valence-electron chi connectivity index (χ0n) is 17.1. The highest BCUT2D eigenvalue weighted by atomic mass is 32.2. The first-order valence-electron chi connectivity index (χ1n) is 9.77. The molecular weight excluding hydrogens is 368 g/mol. The van der Waals surface area contributed by atoms with Crippen LogP contribution in [0, 0.1) is 11.8 Å². The molecule has 8 nitrogen and oxygen atoms in total. The van der Waals surface area contributed by atoms with Crippen molar-refractivity contribution in [3.05, 3.63) is 0 Å². The smallest absolute Gasteiger partial charge is 0.242 e. The van der Waals surface area contributed by atoms with Crippen LogP contribution in [0.25, 0.3) is 0 Å². The number of nitrogens with one attached hydrogen (secondary N) is 2. The second-order valence-corrected chi connectivity index (χ2v) is 10.3. The molecular formula is C18H34N4O4S. The van der Waals surface area contributed by atoms with Crippen molar-refractivity contribution in [1.29, 1.82) is 0 Å². The molecule has 2 N–H and O–H groups in total. The van der Waals surface area contributed by atoms with E-state index in [0.29, 0.717) is 32.0 Å². The molecule has 2 heterocycles. The fraction of sp³-hybridized carbons (Fsp3) is 0.889. The summed E-state index contributed by atoms with van der Waals surface area (Å²) in [5.41, 5.74) is 0. The lowest BCUT2D eigenvalue weighted by Crippen LogP contribution is -2.63. The molecule has 0 aromatic carbocycles. The summed E-state index contributed by atoms with van der Waals surface area (Å²) in [4.78, 5) is 29.0. The quantitative estimate of drug-likeness (QED) is 0.596. The lowest BCUT2D eigenvalue weighted by atomic mass is 10.0. The first kappa shape index (κ1) is 22.1. The second-order valence-electron chi connectivity index (χ2n) is 8.56. The highest BCUT2D eigenvalue weighted by molar-refractivity contribution is 7.88. The van der Waals surface area contributed by atoms with Gasteiger partial charge in [0.05, 0.1) is 6.26 Å². The van der Waals surface area contributed by atoms with Gasteiger partial charge in [0, 0.05) is 37.6 Å². The van der Waals surface area contributed by atoms with Crippen LogP contribution in [0.1, 0.15) is 40.5 Å². The van der Waals surface area contributed by atoms with E-state index < -0.39 is 10.0 Å². The Labute approximate surface area is 163 Å². The lowest BCUT2D eigenvalue weighted by Gasteiger charge is -2.43. The lowest BCUT2D eigenvalue weighted by molar-refractivity contribution is -0.144. The summed E-state index contributed by atoms with van der Waals surface area (Å²) in [6, 6.07) is -0.620. The van der Waals surface area contributed by atoms with Crippen LogP contribution in [0.4, 0.5) is 0 Å². The van der Waals surface area contributed by atoms with Crippen molar-refractivity contribution in [2.75, 3.05) is 32.4 Å².